The quantitative estimate of drug-likeness (QED) is 0.251. The first-order valence-corrected chi connectivity index (χ1v) is 5.18. The predicted molar refractivity (Wildman–Crippen MR) is 53.9 cm³/mol. The molecule has 0 atom stereocenters. The predicted octanol–water partition coefficient (Wildman–Crippen LogP) is 2.14. The Hall–Kier alpha value is -0.220. The van der Waals surface area contributed by atoms with Crippen LogP contribution in [0, 0.1) is 10.8 Å². The molecular weight excluding hydrogens is 446 g/mol. The summed E-state index contributed by atoms with van der Waals surface area (Å²) < 4.78 is 58.9. The maximum atomic E-state index is 10.7. The monoisotopic (exact) mass is 460 g/mol. The van der Waals surface area contributed by atoms with Crippen LogP contribution in [-0.2, 0) is 32.5 Å². The van der Waals surface area contributed by atoms with Crippen molar-refractivity contribution in [1.29, 1.82) is 10.8 Å². The second-order valence-electron chi connectivity index (χ2n) is 2.90. The molecule has 0 spiro atoms. The van der Waals surface area contributed by atoms with Gasteiger partial charge in [0.1, 0.15) is 0 Å². The van der Waals surface area contributed by atoms with E-state index in [1.54, 1.807) is 27.7 Å². The summed E-state index contributed by atoms with van der Waals surface area (Å²) in [6.45, 7) is 7.00. The third kappa shape index (κ3) is 38.9. The number of hydrogen-bond acceptors (Lipinski definition) is 5. The van der Waals surface area contributed by atoms with Crippen LogP contribution < -0.4 is 0 Å². The second kappa shape index (κ2) is 10.9. The van der Waals surface area contributed by atoms with E-state index in [-0.39, 0.29) is 22.4 Å². The van der Waals surface area contributed by atoms with Crippen molar-refractivity contribution in [2.75, 3.05) is 0 Å². The molecular formula is C7H14AuF3N2O3S. The summed E-state index contributed by atoms with van der Waals surface area (Å²) in [4.78, 5) is 0. The fourth-order valence-corrected chi connectivity index (χ4v) is 0. The fraction of sp³-hybridized carbons (Fsp3) is 0.714. The topological polar surface area (TPSA) is 105 Å². The zero-order valence-electron chi connectivity index (χ0n) is 9.57. The summed E-state index contributed by atoms with van der Waals surface area (Å²) in [6, 6.07) is 0. The summed E-state index contributed by atoms with van der Waals surface area (Å²) in [7, 11) is -6.09. The van der Waals surface area contributed by atoms with E-state index in [4.69, 9.17) is 23.8 Å². The van der Waals surface area contributed by atoms with E-state index in [1.165, 1.54) is 0 Å². The molecule has 2 N–H and O–H groups in total. The summed E-state index contributed by atoms with van der Waals surface area (Å²) in [5.41, 5.74) is -4.31. The molecule has 5 nitrogen and oxygen atoms in total. The van der Waals surface area contributed by atoms with Crippen LogP contribution in [0.1, 0.15) is 27.7 Å². The van der Waals surface area contributed by atoms with Crippen molar-refractivity contribution >= 4 is 21.5 Å². The summed E-state index contributed by atoms with van der Waals surface area (Å²) in [5, 5.41) is 13.0. The number of hydrogen-bond donors (Lipinski definition) is 2. The summed E-state index contributed by atoms with van der Waals surface area (Å²) in [6.07, 6.45) is 0. The Balaban J connectivity index is -0.0000000806. The van der Waals surface area contributed by atoms with Crippen molar-refractivity contribution in [2.24, 2.45) is 0 Å². The Morgan fingerprint density at radius 2 is 1.06 bits per heavy atom. The molecule has 0 bridgehead atoms. The normalized spacial score (nSPS) is 9.65. The van der Waals surface area contributed by atoms with Gasteiger partial charge >= 0.3 is 27.9 Å². The standard InChI is InChI=1S/2C3H7N.CHF3O3S.Au/c2*1-3(2)4;2-1(3,4)8(5,6)7;/h2*4H,1-2H3;(H,5,6,7);/q;;;+1/p-1. The molecule has 0 unspecified atom stereocenters. The molecule has 0 aromatic rings. The molecule has 0 aromatic carbocycles. The largest absolute Gasteiger partial charge is 1.00 e. The van der Waals surface area contributed by atoms with Gasteiger partial charge in [-0.2, -0.15) is 13.2 Å². The third-order valence-electron chi connectivity index (χ3n) is 0.283. The maximum absolute atomic E-state index is 10.7. The van der Waals surface area contributed by atoms with E-state index in [2.05, 4.69) is 0 Å². The van der Waals surface area contributed by atoms with Gasteiger partial charge in [-0.05, 0) is 27.7 Å². The van der Waals surface area contributed by atoms with E-state index >= 15 is 0 Å². The number of halogens is 3. The molecule has 0 aliphatic carbocycles. The molecule has 0 saturated heterocycles. The SMILES string of the molecule is CC(C)=N.CC(C)=N.O=S(=O)([O-])C(F)(F)F.[Au+]. The van der Waals surface area contributed by atoms with Crippen molar-refractivity contribution in [3.63, 3.8) is 0 Å². The smallest absolute Gasteiger partial charge is 0.741 e. The van der Waals surface area contributed by atoms with Crippen LogP contribution in [0.3, 0.4) is 0 Å². The van der Waals surface area contributed by atoms with Crippen LogP contribution >= 0.6 is 0 Å². The Bertz CT molecular complexity index is 308. The van der Waals surface area contributed by atoms with Crippen molar-refractivity contribution in [3.8, 4) is 0 Å². The number of rotatable bonds is 0. The molecule has 0 fully saturated rings. The minimum absolute atomic E-state index is 0. The van der Waals surface area contributed by atoms with Crippen LogP contribution in [0.5, 0.6) is 0 Å². The molecule has 0 amide bonds. The number of nitrogens with one attached hydrogen (secondary N) is 2. The minimum Gasteiger partial charge on any atom is -0.741 e. The first-order valence-electron chi connectivity index (χ1n) is 3.77. The average molecular weight is 460 g/mol. The molecule has 17 heavy (non-hydrogen) atoms. The van der Waals surface area contributed by atoms with Crippen molar-refractivity contribution < 1.29 is 48.5 Å². The van der Waals surface area contributed by atoms with Crippen molar-refractivity contribution in [1.82, 2.24) is 0 Å². The van der Waals surface area contributed by atoms with Crippen LogP contribution in [0.25, 0.3) is 0 Å². The molecule has 0 aliphatic rings. The van der Waals surface area contributed by atoms with Crippen LogP contribution in [-0.4, -0.2) is 29.9 Å². The van der Waals surface area contributed by atoms with Crippen LogP contribution in [0.15, 0.2) is 0 Å². The fourth-order valence-electron chi connectivity index (χ4n) is 0. The first-order chi connectivity index (χ1) is 6.71. The average Bonchev–Trinajstić information content (AvgIpc) is 1.76. The number of alkyl halides is 3. The molecule has 0 aromatic heterocycles. The summed E-state index contributed by atoms with van der Waals surface area (Å²) in [5.74, 6) is 0. The van der Waals surface area contributed by atoms with Crippen molar-refractivity contribution in [2.45, 2.75) is 33.2 Å². The van der Waals surface area contributed by atoms with E-state index in [1.807, 2.05) is 0 Å². The molecule has 10 heteroatoms. The molecule has 0 radical (unpaired) electrons. The first kappa shape index (κ1) is 25.6. The van der Waals surface area contributed by atoms with E-state index in [0.29, 0.717) is 11.4 Å². The maximum Gasteiger partial charge on any atom is 1.00 e. The van der Waals surface area contributed by atoms with Gasteiger partial charge in [-0.1, -0.05) is 0 Å². The van der Waals surface area contributed by atoms with Gasteiger partial charge in [0.2, 0.25) is 0 Å². The third-order valence-corrected chi connectivity index (χ3v) is 0.850. The zero-order chi connectivity index (χ0) is 14.2. The molecule has 0 saturated carbocycles. The van der Waals surface area contributed by atoms with Gasteiger partial charge in [-0.3, -0.25) is 0 Å². The van der Waals surface area contributed by atoms with Gasteiger partial charge in [-0.15, -0.1) is 0 Å². The van der Waals surface area contributed by atoms with Gasteiger partial charge < -0.3 is 15.4 Å². The van der Waals surface area contributed by atoms with Crippen LogP contribution in [0.4, 0.5) is 13.2 Å². The van der Waals surface area contributed by atoms with E-state index in [9.17, 15) is 13.2 Å². The molecule has 0 aliphatic heterocycles. The Morgan fingerprint density at radius 1 is 1.00 bits per heavy atom. The van der Waals surface area contributed by atoms with Gasteiger partial charge in [-0.25, -0.2) is 8.42 Å². The van der Waals surface area contributed by atoms with Gasteiger partial charge in [0.25, 0.3) is 0 Å². The molecule has 0 rings (SSSR count). The Morgan fingerprint density at radius 3 is 1.06 bits per heavy atom. The van der Waals surface area contributed by atoms with E-state index < -0.39 is 15.6 Å². The Labute approximate surface area is 114 Å². The van der Waals surface area contributed by atoms with E-state index in [0.717, 1.165) is 0 Å². The second-order valence-corrected chi connectivity index (χ2v) is 4.27. The van der Waals surface area contributed by atoms with Gasteiger partial charge in [0.15, 0.2) is 10.1 Å². The van der Waals surface area contributed by atoms with Gasteiger partial charge in [0.05, 0.1) is 0 Å². The van der Waals surface area contributed by atoms with Crippen molar-refractivity contribution in [3.05, 3.63) is 0 Å². The summed E-state index contributed by atoms with van der Waals surface area (Å²) >= 11 is 0. The molecule has 0 heterocycles. The zero-order valence-corrected chi connectivity index (χ0v) is 12.6. The van der Waals surface area contributed by atoms with Crippen LogP contribution in [0.2, 0.25) is 0 Å². The van der Waals surface area contributed by atoms with Gasteiger partial charge in [0, 0.05) is 11.4 Å². The Kier molecular flexibility index (Phi) is 16.4. The molecule has 108 valence electrons. The minimum atomic E-state index is -6.09.